The van der Waals surface area contributed by atoms with Crippen LogP contribution < -0.4 is 5.32 Å². The molecule has 0 aliphatic carbocycles. The van der Waals surface area contributed by atoms with Gasteiger partial charge in [0.25, 0.3) is 0 Å². The van der Waals surface area contributed by atoms with E-state index in [-0.39, 0.29) is 0 Å². The Kier molecular flexibility index (Phi) is 3.15. The van der Waals surface area contributed by atoms with Crippen LogP contribution >= 0.6 is 11.5 Å². The fourth-order valence-corrected chi connectivity index (χ4v) is 2.22. The third-order valence-electron chi connectivity index (χ3n) is 2.64. The summed E-state index contributed by atoms with van der Waals surface area (Å²) in [4.78, 5) is 0. The zero-order valence-electron chi connectivity index (χ0n) is 9.82. The van der Waals surface area contributed by atoms with Crippen molar-refractivity contribution in [2.45, 2.75) is 13.8 Å². The average Bonchev–Trinajstić information content (AvgIpc) is 2.30. The van der Waals surface area contributed by atoms with Gasteiger partial charge in [-0.25, -0.2) is 0 Å². The zero-order chi connectivity index (χ0) is 11.5. The maximum atomic E-state index is 3.26. The highest BCUT2D eigenvalue weighted by atomic mass is 32.1. The molecule has 84 valence electrons. The van der Waals surface area contributed by atoms with Crippen LogP contribution in [0.2, 0.25) is 0 Å². The van der Waals surface area contributed by atoms with Crippen molar-refractivity contribution in [3.05, 3.63) is 46.5 Å². The van der Waals surface area contributed by atoms with Crippen LogP contribution in [0, 0.1) is 13.8 Å². The van der Waals surface area contributed by atoms with Crippen LogP contribution in [0.5, 0.6) is 0 Å². The molecule has 0 atom stereocenters. The lowest BCUT2D eigenvalue weighted by molar-refractivity contribution is 1.09. The second-order valence-corrected chi connectivity index (χ2v) is 4.64. The first-order valence-electron chi connectivity index (χ1n) is 5.30. The van der Waals surface area contributed by atoms with Crippen LogP contribution in [0.1, 0.15) is 16.8 Å². The fraction of sp³-hybridized carbons (Fsp3) is 0.231. The zero-order valence-corrected chi connectivity index (χ0v) is 10.6. The molecular weight excluding hydrogens is 216 g/mol. The molecule has 0 unspecified atom stereocenters. The molecule has 16 heavy (non-hydrogen) atoms. The summed E-state index contributed by atoms with van der Waals surface area (Å²) in [6.45, 7) is 4.24. The Morgan fingerprint density at radius 2 is 2.06 bits per heavy atom. The summed E-state index contributed by atoms with van der Waals surface area (Å²) in [6.07, 6.45) is 2.14. The number of hydrogen-bond donors (Lipinski definition) is 1. The van der Waals surface area contributed by atoms with Gasteiger partial charge in [-0.2, -0.15) is 0 Å². The number of aromatic nitrogens is 1. The third-order valence-corrected chi connectivity index (χ3v) is 3.70. The Labute approximate surface area is 100 Å². The lowest BCUT2D eigenvalue weighted by atomic mass is 10.1. The molecule has 0 bridgehead atoms. The highest BCUT2D eigenvalue weighted by Crippen LogP contribution is 2.19. The molecule has 1 N–H and O–H groups in total. The molecule has 2 rings (SSSR count). The van der Waals surface area contributed by atoms with E-state index >= 15 is 0 Å². The van der Waals surface area contributed by atoms with Crippen LogP contribution in [0.3, 0.4) is 0 Å². The van der Waals surface area contributed by atoms with Gasteiger partial charge in [0.05, 0.1) is 5.70 Å². The molecule has 0 saturated carbocycles. The van der Waals surface area contributed by atoms with Gasteiger partial charge in [0.15, 0.2) is 0 Å². The topological polar surface area (TPSA) is 17.0 Å². The molecule has 3 heteroatoms. The van der Waals surface area contributed by atoms with Gasteiger partial charge in [-0.15, -0.1) is 0 Å². The molecule has 0 radical (unpaired) electrons. The summed E-state index contributed by atoms with van der Waals surface area (Å²) in [6, 6.07) is 8.41. The Hall–Kier alpha value is -1.48. The van der Waals surface area contributed by atoms with E-state index in [1.54, 1.807) is 11.5 Å². The third kappa shape index (κ3) is 2.04. The van der Waals surface area contributed by atoms with Gasteiger partial charge in [0, 0.05) is 29.9 Å². The molecule has 0 aliphatic heterocycles. The second kappa shape index (κ2) is 4.58. The maximum Gasteiger partial charge on any atom is 0.0592 e. The van der Waals surface area contributed by atoms with Gasteiger partial charge < -0.3 is 5.32 Å². The number of nitrogens with one attached hydrogen (secondary N) is 1. The van der Waals surface area contributed by atoms with Crippen molar-refractivity contribution < 1.29 is 0 Å². The van der Waals surface area contributed by atoms with Crippen molar-refractivity contribution in [2.75, 3.05) is 7.05 Å². The molecule has 0 spiro atoms. The van der Waals surface area contributed by atoms with Crippen LogP contribution in [-0.2, 0) is 0 Å². The van der Waals surface area contributed by atoms with Crippen molar-refractivity contribution >= 4 is 23.4 Å². The van der Waals surface area contributed by atoms with Gasteiger partial charge in [0.2, 0.25) is 0 Å². The van der Waals surface area contributed by atoms with Gasteiger partial charge in [-0.3, -0.25) is 3.96 Å². The minimum atomic E-state index is 1.15. The molecule has 2 nitrogen and oxygen atoms in total. The first-order valence-corrected chi connectivity index (χ1v) is 6.14. The Morgan fingerprint density at radius 1 is 1.31 bits per heavy atom. The molecule has 0 aliphatic rings. The lowest BCUT2D eigenvalue weighted by Crippen LogP contribution is -2.08. The summed E-state index contributed by atoms with van der Waals surface area (Å²) in [7, 11) is 1.96. The van der Waals surface area contributed by atoms with E-state index in [1.807, 2.05) is 7.05 Å². The summed E-state index contributed by atoms with van der Waals surface area (Å²) in [5, 5.41) is 5.40. The minimum Gasteiger partial charge on any atom is -0.386 e. The fourth-order valence-electron chi connectivity index (χ4n) is 1.61. The van der Waals surface area contributed by atoms with E-state index in [9.17, 15) is 0 Å². The first-order chi connectivity index (χ1) is 7.72. The summed E-state index contributed by atoms with van der Waals surface area (Å²) in [5.41, 5.74) is 4.98. The van der Waals surface area contributed by atoms with Gasteiger partial charge in [-0.05, 0) is 19.4 Å². The van der Waals surface area contributed by atoms with E-state index in [0.717, 1.165) is 5.70 Å². The molecule has 2 aromatic rings. The normalized spacial score (nSPS) is 11.8. The molecule has 1 aromatic carbocycles. The van der Waals surface area contributed by atoms with E-state index in [4.69, 9.17) is 0 Å². The molecule has 0 amide bonds. The summed E-state index contributed by atoms with van der Waals surface area (Å²) < 4.78 is 2.16. The molecule has 1 aromatic heterocycles. The average molecular weight is 232 g/mol. The van der Waals surface area contributed by atoms with Crippen LogP contribution in [0.4, 0.5) is 0 Å². The number of rotatable bonds is 3. The smallest absolute Gasteiger partial charge is 0.0592 e. The van der Waals surface area contributed by atoms with Crippen LogP contribution in [0.15, 0.2) is 29.6 Å². The van der Waals surface area contributed by atoms with Crippen LogP contribution in [-0.4, -0.2) is 11.0 Å². The van der Waals surface area contributed by atoms with Crippen molar-refractivity contribution in [1.29, 1.82) is 0 Å². The van der Waals surface area contributed by atoms with Crippen molar-refractivity contribution in [1.82, 2.24) is 9.27 Å². The predicted octanol–water partition coefficient (Wildman–Crippen LogP) is 3.34. The van der Waals surface area contributed by atoms with E-state index in [1.165, 1.54) is 16.8 Å². The Bertz CT molecular complexity index is 505. The SMILES string of the molecule is CN/C(=C\n1scc1C)c1ccccc1C. The molecule has 0 fully saturated rings. The first kappa shape index (κ1) is 11.0. The summed E-state index contributed by atoms with van der Waals surface area (Å²) in [5.74, 6) is 0. The molecule has 1 heterocycles. The number of nitrogens with zero attached hydrogens (tertiary/aromatic N) is 1. The minimum absolute atomic E-state index is 1.15. The van der Waals surface area contributed by atoms with Crippen molar-refractivity contribution in [2.24, 2.45) is 0 Å². The quantitative estimate of drug-likeness (QED) is 0.859. The Balaban J connectivity index is 2.39. The van der Waals surface area contributed by atoms with Crippen LogP contribution in [0.25, 0.3) is 11.9 Å². The lowest BCUT2D eigenvalue weighted by Gasteiger charge is -2.13. The predicted molar refractivity (Wildman–Crippen MR) is 71.5 cm³/mol. The van der Waals surface area contributed by atoms with E-state index in [0.29, 0.717) is 0 Å². The van der Waals surface area contributed by atoms with Crippen molar-refractivity contribution in [3.63, 3.8) is 0 Å². The Morgan fingerprint density at radius 3 is 2.56 bits per heavy atom. The second-order valence-electron chi connectivity index (χ2n) is 3.80. The van der Waals surface area contributed by atoms with Gasteiger partial charge in [0.1, 0.15) is 0 Å². The molecule has 0 saturated heterocycles. The standard InChI is InChI=1S/C13H16N2S/c1-10-6-4-5-7-12(10)13(14-3)8-15-11(2)9-16-15/h4-9,14H,1-3H3/b13-8-. The highest BCUT2D eigenvalue weighted by Gasteiger charge is 2.04. The van der Waals surface area contributed by atoms with Crippen molar-refractivity contribution in [3.8, 4) is 0 Å². The maximum absolute atomic E-state index is 3.26. The highest BCUT2D eigenvalue weighted by molar-refractivity contribution is 7.06. The number of benzene rings is 1. The van der Waals surface area contributed by atoms with Gasteiger partial charge >= 0.3 is 0 Å². The largest absolute Gasteiger partial charge is 0.386 e. The summed E-state index contributed by atoms with van der Waals surface area (Å²) >= 11 is 1.71. The van der Waals surface area contributed by atoms with Gasteiger partial charge in [-0.1, -0.05) is 35.8 Å². The van der Waals surface area contributed by atoms with E-state index in [2.05, 4.69) is 59.0 Å². The number of hydrogen-bond acceptors (Lipinski definition) is 2. The monoisotopic (exact) mass is 232 g/mol. The van der Waals surface area contributed by atoms with E-state index < -0.39 is 0 Å². The number of aryl methyl sites for hydroxylation is 2. The molecular formula is C13H16N2S.